The smallest absolute Gasteiger partial charge is 0.278 e. The van der Waals surface area contributed by atoms with Gasteiger partial charge in [0.05, 0.1) is 10.5 Å². The van der Waals surface area contributed by atoms with E-state index in [1.54, 1.807) is 42.5 Å². The predicted molar refractivity (Wildman–Crippen MR) is 112 cm³/mol. The van der Waals surface area contributed by atoms with Crippen LogP contribution in [0, 0.1) is 16.0 Å². The van der Waals surface area contributed by atoms with Crippen LogP contribution in [-0.2, 0) is 4.84 Å². The van der Waals surface area contributed by atoms with Gasteiger partial charge in [-0.1, -0.05) is 75.7 Å². The summed E-state index contributed by atoms with van der Waals surface area (Å²) in [5, 5.41) is 15.7. The molecule has 0 saturated carbocycles. The Kier molecular flexibility index (Phi) is 5.22. The third kappa shape index (κ3) is 3.69. The molecule has 0 amide bonds. The first-order valence-corrected chi connectivity index (χ1v) is 9.68. The molecule has 6 nitrogen and oxygen atoms in total. The van der Waals surface area contributed by atoms with E-state index in [9.17, 15) is 14.9 Å². The van der Waals surface area contributed by atoms with Gasteiger partial charge in [-0.05, 0) is 23.8 Å². The number of hydrogen-bond acceptors (Lipinski definition) is 5. The van der Waals surface area contributed by atoms with E-state index in [0.717, 1.165) is 10.0 Å². The molecule has 0 aliphatic carbocycles. The van der Waals surface area contributed by atoms with Crippen molar-refractivity contribution < 1.29 is 14.6 Å². The van der Waals surface area contributed by atoms with Crippen LogP contribution >= 0.6 is 15.9 Å². The number of oxime groups is 1. The van der Waals surface area contributed by atoms with Crippen LogP contribution < -0.4 is 0 Å². The number of carbonyl (C=O) groups excluding carboxylic acids is 1. The summed E-state index contributed by atoms with van der Waals surface area (Å²) in [4.78, 5) is 30.1. The largest absolute Gasteiger partial charge is 0.386 e. The number of nitrogens with zero attached hydrogens (tertiary/aromatic N) is 2. The van der Waals surface area contributed by atoms with Crippen LogP contribution in [0.3, 0.4) is 0 Å². The molecule has 0 spiro atoms. The van der Waals surface area contributed by atoms with Crippen LogP contribution in [0.5, 0.6) is 0 Å². The molecule has 7 heteroatoms. The second kappa shape index (κ2) is 7.97. The molecule has 0 bridgehead atoms. The number of nitro groups is 1. The molecular formula is C22H15BrN2O4. The number of Topliss-reactive ketones (excluding diaryl/α,β-unsaturated/α-hetero) is 1. The lowest BCUT2D eigenvalue weighted by atomic mass is 9.83. The molecule has 0 saturated heterocycles. The van der Waals surface area contributed by atoms with Gasteiger partial charge in [-0.25, -0.2) is 0 Å². The van der Waals surface area contributed by atoms with Crippen molar-refractivity contribution in [1.29, 1.82) is 0 Å². The third-order valence-electron chi connectivity index (χ3n) is 4.78. The van der Waals surface area contributed by atoms with Gasteiger partial charge >= 0.3 is 0 Å². The molecule has 0 aromatic heterocycles. The lowest BCUT2D eigenvalue weighted by molar-refractivity contribution is -0.385. The van der Waals surface area contributed by atoms with Gasteiger partial charge in [-0.2, -0.15) is 0 Å². The molecule has 144 valence electrons. The zero-order valence-electron chi connectivity index (χ0n) is 15.1. The topological polar surface area (TPSA) is 81.8 Å². The highest BCUT2D eigenvalue weighted by molar-refractivity contribution is 9.10. The Bertz CT molecular complexity index is 1100. The summed E-state index contributed by atoms with van der Waals surface area (Å²) in [5.41, 5.74) is 1.69. The van der Waals surface area contributed by atoms with Gasteiger partial charge in [-0.15, -0.1) is 0 Å². The molecule has 0 unspecified atom stereocenters. The Morgan fingerprint density at radius 3 is 2.31 bits per heavy atom. The van der Waals surface area contributed by atoms with Crippen molar-refractivity contribution in [2.45, 2.75) is 6.10 Å². The average molecular weight is 451 g/mol. The number of rotatable bonds is 5. The van der Waals surface area contributed by atoms with Gasteiger partial charge in [-0.3, -0.25) is 14.9 Å². The van der Waals surface area contributed by atoms with E-state index in [-0.39, 0.29) is 22.7 Å². The van der Waals surface area contributed by atoms with E-state index in [0.29, 0.717) is 5.56 Å². The van der Waals surface area contributed by atoms with Crippen molar-refractivity contribution in [3.05, 3.63) is 110 Å². The molecule has 2 atom stereocenters. The fourth-order valence-electron chi connectivity index (χ4n) is 3.39. The summed E-state index contributed by atoms with van der Waals surface area (Å²) in [6.45, 7) is 0. The minimum absolute atomic E-state index is 0.114. The quantitative estimate of drug-likeness (QED) is 0.298. The fraction of sp³-hybridized carbons (Fsp3) is 0.0909. The fourth-order valence-corrected chi connectivity index (χ4v) is 3.65. The highest BCUT2D eigenvalue weighted by Crippen LogP contribution is 2.39. The lowest BCUT2D eigenvalue weighted by Gasteiger charge is -2.18. The Balaban J connectivity index is 1.82. The highest BCUT2D eigenvalue weighted by atomic mass is 79.9. The molecular weight excluding hydrogens is 436 g/mol. The average Bonchev–Trinajstić information content (AvgIpc) is 3.19. The number of nitro benzene ring substituents is 1. The molecule has 0 radical (unpaired) electrons. The predicted octanol–water partition coefficient (Wildman–Crippen LogP) is 5.33. The maximum atomic E-state index is 13.4. The van der Waals surface area contributed by atoms with Crippen molar-refractivity contribution in [2.24, 2.45) is 11.1 Å². The molecule has 29 heavy (non-hydrogen) atoms. The van der Waals surface area contributed by atoms with Gasteiger partial charge in [0.25, 0.3) is 5.69 Å². The number of para-hydroxylation sites is 1. The second-order valence-corrected chi connectivity index (χ2v) is 7.45. The van der Waals surface area contributed by atoms with Crippen molar-refractivity contribution in [2.75, 3.05) is 0 Å². The SMILES string of the molecule is O=C(c1ccccc1)[C@@H]1C(c2ccccc2[N+](=O)[O-])=NO[C@H]1c1ccc(Br)cc1. The molecule has 1 heterocycles. The summed E-state index contributed by atoms with van der Waals surface area (Å²) in [7, 11) is 0. The third-order valence-corrected chi connectivity index (χ3v) is 5.31. The van der Waals surface area contributed by atoms with Crippen LogP contribution in [0.15, 0.2) is 88.5 Å². The maximum Gasteiger partial charge on any atom is 0.278 e. The molecule has 0 N–H and O–H groups in total. The maximum absolute atomic E-state index is 13.4. The van der Waals surface area contributed by atoms with Gasteiger partial charge < -0.3 is 4.84 Å². The lowest BCUT2D eigenvalue weighted by Crippen LogP contribution is -2.28. The zero-order chi connectivity index (χ0) is 20.4. The number of halogens is 1. The molecule has 4 rings (SSSR count). The summed E-state index contributed by atoms with van der Waals surface area (Å²) in [5.74, 6) is -1.01. The standard InChI is InChI=1S/C22H15BrN2O4/c23-16-12-10-15(11-13-16)22-19(21(26)14-6-2-1-3-7-14)20(24-29-22)17-8-4-5-9-18(17)25(27)28/h1-13,19,22H/t19-,22-/m0/s1. The Labute approximate surface area is 175 Å². The highest BCUT2D eigenvalue weighted by Gasteiger charge is 2.43. The molecule has 1 aliphatic heterocycles. The van der Waals surface area contributed by atoms with Crippen molar-refractivity contribution in [3.63, 3.8) is 0 Å². The van der Waals surface area contributed by atoms with E-state index < -0.39 is 16.9 Å². The Hall–Kier alpha value is -3.32. The van der Waals surface area contributed by atoms with Gasteiger partial charge in [0.1, 0.15) is 11.6 Å². The molecule has 1 aliphatic rings. The van der Waals surface area contributed by atoms with Gasteiger partial charge in [0.2, 0.25) is 0 Å². The summed E-state index contributed by atoms with van der Waals surface area (Å²) in [6, 6.07) is 22.5. The van der Waals surface area contributed by atoms with Gasteiger partial charge in [0.15, 0.2) is 11.9 Å². The van der Waals surface area contributed by atoms with Crippen LogP contribution in [0.2, 0.25) is 0 Å². The van der Waals surface area contributed by atoms with Crippen molar-refractivity contribution >= 4 is 33.1 Å². The number of carbonyl (C=O) groups is 1. The summed E-state index contributed by atoms with van der Waals surface area (Å²) >= 11 is 3.40. The number of benzene rings is 3. The number of ketones is 1. The van der Waals surface area contributed by atoms with E-state index in [2.05, 4.69) is 21.1 Å². The Morgan fingerprint density at radius 1 is 0.966 bits per heavy atom. The van der Waals surface area contributed by atoms with Crippen molar-refractivity contribution in [3.8, 4) is 0 Å². The normalized spacial score (nSPS) is 18.0. The minimum Gasteiger partial charge on any atom is -0.386 e. The second-order valence-electron chi connectivity index (χ2n) is 6.54. The summed E-state index contributed by atoms with van der Waals surface area (Å²) in [6.07, 6.45) is -0.675. The first kappa shape index (κ1) is 19.0. The van der Waals surface area contributed by atoms with Crippen molar-refractivity contribution in [1.82, 2.24) is 0 Å². The summed E-state index contributed by atoms with van der Waals surface area (Å²) < 4.78 is 0.894. The number of hydrogen-bond donors (Lipinski definition) is 0. The van der Waals surface area contributed by atoms with Crippen LogP contribution in [0.1, 0.15) is 27.6 Å². The molecule has 3 aromatic rings. The van der Waals surface area contributed by atoms with E-state index in [4.69, 9.17) is 4.84 Å². The minimum atomic E-state index is -0.806. The van der Waals surface area contributed by atoms with Crippen LogP contribution in [0.4, 0.5) is 5.69 Å². The van der Waals surface area contributed by atoms with E-state index in [1.807, 2.05) is 30.3 Å². The monoisotopic (exact) mass is 450 g/mol. The molecule has 3 aromatic carbocycles. The zero-order valence-corrected chi connectivity index (χ0v) is 16.7. The van der Waals surface area contributed by atoms with E-state index in [1.165, 1.54) is 6.07 Å². The van der Waals surface area contributed by atoms with Crippen LogP contribution in [0.25, 0.3) is 0 Å². The first-order valence-electron chi connectivity index (χ1n) is 8.88. The van der Waals surface area contributed by atoms with Crippen LogP contribution in [-0.4, -0.2) is 16.4 Å². The van der Waals surface area contributed by atoms with Gasteiger partial charge in [0, 0.05) is 16.1 Å². The molecule has 0 fully saturated rings. The first-order chi connectivity index (χ1) is 14.1. The van der Waals surface area contributed by atoms with E-state index >= 15 is 0 Å². The Morgan fingerprint density at radius 2 is 1.62 bits per heavy atom.